The maximum atomic E-state index is 13.4. The van der Waals surface area contributed by atoms with E-state index in [-0.39, 0.29) is 11.7 Å². The molecule has 6 nitrogen and oxygen atoms in total. The van der Waals surface area contributed by atoms with Crippen molar-refractivity contribution in [1.82, 2.24) is 4.57 Å². The molecule has 2 heterocycles. The van der Waals surface area contributed by atoms with E-state index < -0.39 is 23.5 Å². The number of hydrogen-bond acceptors (Lipinski definition) is 4. The van der Waals surface area contributed by atoms with Crippen LogP contribution < -0.4 is 15.2 Å². The number of rotatable bonds is 3. The summed E-state index contributed by atoms with van der Waals surface area (Å²) in [6.45, 7) is 3.18. The molecule has 0 bridgehead atoms. The molecule has 0 saturated carbocycles. The van der Waals surface area contributed by atoms with Crippen LogP contribution in [0.5, 0.6) is 5.75 Å². The van der Waals surface area contributed by atoms with E-state index >= 15 is 0 Å². The van der Waals surface area contributed by atoms with E-state index in [2.05, 4.69) is 0 Å². The average Bonchev–Trinajstić information content (AvgIpc) is 2.60. The van der Waals surface area contributed by atoms with Crippen molar-refractivity contribution in [2.45, 2.75) is 26.0 Å². The second-order valence-electron chi connectivity index (χ2n) is 5.97. The van der Waals surface area contributed by atoms with E-state index in [1.807, 2.05) is 0 Å². The van der Waals surface area contributed by atoms with Gasteiger partial charge in [-0.25, -0.2) is 4.39 Å². The number of Topliss-reactive ketones (excluding diaryl/α,β-unsaturated/α-hetero) is 1. The lowest BCUT2D eigenvalue weighted by Crippen LogP contribution is -2.42. The van der Waals surface area contributed by atoms with Gasteiger partial charge in [0.15, 0.2) is 11.9 Å². The highest BCUT2D eigenvalue weighted by Crippen LogP contribution is 2.34. The summed E-state index contributed by atoms with van der Waals surface area (Å²) in [5.74, 6) is -0.680. The molecular formula is C18H17FN2O4. The Morgan fingerprint density at radius 1 is 1.24 bits per heavy atom. The topological polar surface area (TPSA) is 68.6 Å². The van der Waals surface area contributed by atoms with Crippen molar-refractivity contribution in [3.8, 4) is 5.75 Å². The first-order valence-corrected chi connectivity index (χ1v) is 7.80. The first kappa shape index (κ1) is 16.9. The van der Waals surface area contributed by atoms with Crippen molar-refractivity contribution >= 4 is 17.4 Å². The smallest absolute Gasteiger partial charge is 0.267 e. The number of nitrogens with zero attached hydrogens (tertiary/aromatic N) is 2. The zero-order chi connectivity index (χ0) is 18.3. The fourth-order valence-electron chi connectivity index (χ4n) is 2.81. The van der Waals surface area contributed by atoms with Crippen LogP contribution in [0.15, 0.2) is 41.3 Å². The van der Waals surface area contributed by atoms with Gasteiger partial charge < -0.3 is 14.2 Å². The minimum absolute atomic E-state index is 0.216. The molecule has 130 valence electrons. The summed E-state index contributed by atoms with van der Waals surface area (Å²) in [4.78, 5) is 38.1. The molecule has 1 aromatic carbocycles. The first-order valence-electron chi connectivity index (χ1n) is 7.80. The quantitative estimate of drug-likeness (QED) is 0.801. The summed E-state index contributed by atoms with van der Waals surface area (Å²) in [5, 5.41) is 0. The Bertz CT molecular complexity index is 922. The number of fused-ring (bicyclic) bond motifs is 1. The van der Waals surface area contributed by atoms with E-state index in [1.165, 1.54) is 11.8 Å². The largest absolute Gasteiger partial charge is 0.479 e. The third-order valence-electron chi connectivity index (χ3n) is 4.29. The molecular weight excluding hydrogens is 327 g/mol. The standard InChI is InChI=1S/C18H17FN2O4/c1-10(21-9-13(19)5-7-16(21)22)17(23)12-4-6-15-14(8-12)20(3)18(24)11(2)25-15/h4-11H,1-3H3. The highest BCUT2D eigenvalue weighted by Gasteiger charge is 2.30. The van der Waals surface area contributed by atoms with Crippen LogP contribution in [0.1, 0.15) is 30.2 Å². The minimum Gasteiger partial charge on any atom is -0.479 e. The Kier molecular flexibility index (Phi) is 4.16. The number of ether oxygens (including phenoxy) is 1. The van der Waals surface area contributed by atoms with E-state index in [4.69, 9.17) is 4.74 Å². The van der Waals surface area contributed by atoms with Crippen LogP contribution in [0.25, 0.3) is 0 Å². The molecule has 0 radical (unpaired) electrons. The number of ketones is 1. The number of amides is 1. The molecule has 1 aliphatic heterocycles. The third-order valence-corrected chi connectivity index (χ3v) is 4.29. The summed E-state index contributed by atoms with van der Waals surface area (Å²) < 4.78 is 20.0. The van der Waals surface area contributed by atoms with E-state index in [0.717, 1.165) is 22.9 Å². The summed E-state index contributed by atoms with van der Waals surface area (Å²) >= 11 is 0. The number of aromatic nitrogens is 1. The highest BCUT2D eigenvalue weighted by molar-refractivity contribution is 6.03. The molecule has 0 aliphatic carbocycles. The first-order chi connectivity index (χ1) is 11.8. The van der Waals surface area contributed by atoms with Gasteiger partial charge in [0.1, 0.15) is 11.6 Å². The predicted octanol–water partition coefficient (Wildman–Crippen LogP) is 2.17. The van der Waals surface area contributed by atoms with Crippen LogP contribution in [-0.2, 0) is 4.79 Å². The van der Waals surface area contributed by atoms with Gasteiger partial charge in [-0.2, -0.15) is 0 Å². The second kappa shape index (κ2) is 6.16. The molecule has 0 fully saturated rings. The van der Waals surface area contributed by atoms with Crippen molar-refractivity contribution in [2.75, 3.05) is 11.9 Å². The van der Waals surface area contributed by atoms with Gasteiger partial charge in [0.05, 0.1) is 11.7 Å². The maximum Gasteiger partial charge on any atom is 0.267 e. The average molecular weight is 344 g/mol. The number of carbonyl (C=O) groups excluding carboxylic acids is 2. The van der Waals surface area contributed by atoms with Crippen LogP contribution in [0, 0.1) is 5.82 Å². The highest BCUT2D eigenvalue weighted by atomic mass is 19.1. The number of benzene rings is 1. The lowest BCUT2D eigenvalue weighted by atomic mass is 10.0. The zero-order valence-corrected chi connectivity index (χ0v) is 14.0. The van der Waals surface area contributed by atoms with E-state index in [0.29, 0.717) is 17.0 Å². The van der Waals surface area contributed by atoms with Crippen molar-refractivity contribution in [3.63, 3.8) is 0 Å². The Morgan fingerprint density at radius 3 is 2.68 bits per heavy atom. The summed E-state index contributed by atoms with van der Waals surface area (Å²) in [5.41, 5.74) is 0.317. The van der Waals surface area contributed by atoms with Crippen molar-refractivity contribution < 1.29 is 18.7 Å². The normalized spacial score (nSPS) is 17.7. The lowest BCUT2D eigenvalue weighted by molar-refractivity contribution is -0.125. The fraction of sp³-hybridized carbons (Fsp3) is 0.278. The summed E-state index contributed by atoms with van der Waals surface area (Å²) in [6.07, 6.45) is 0.410. The molecule has 2 unspecified atom stereocenters. The summed E-state index contributed by atoms with van der Waals surface area (Å²) in [7, 11) is 1.61. The Morgan fingerprint density at radius 2 is 1.96 bits per heavy atom. The van der Waals surface area contributed by atoms with Crippen LogP contribution in [0.2, 0.25) is 0 Å². The maximum absolute atomic E-state index is 13.4. The molecule has 2 atom stereocenters. The number of pyridine rings is 1. The van der Waals surface area contributed by atoms with Crippen LogP contribution in [-0.4, -0.2) is 29.4 Å². The molecule has 1 amide bonds. The van der Waals surface area contributed by atoms with Crippen molar-refractivity contribution in [2.24, 2.45) is 0 Å². The van der Waals surface area contributed by atoms with Gasteiger partial charge in [-0.3, -0.25) is 14.4 Å². The molecule has 25 heavy (non-hydrogen) atoms. The molecule has 0 N–H and O–H groups in total. The van der Waals surface area contributed by atoms with Gasteiger partial charge in [0.2, 0.25) is 0 Å². The number of halogens is 1. The van der Waals surface area contributed by atoms with Gasteiger partial charge in [-0.05, 0) is 38.1 Å². The Labute approximate surface area is 143 Å². The number of hydrogen-bond donors (Lipinski definition) is 0. The second-order valence-corrected chi connectivity index (χ2v) is 5.97. The summed E-state index contributed by atoms with van der Waals surface area (Å²) in [6, 6.07) is 5.97. The number of likely N-dealkylation sites (N-methyl/N-ethyl adjacent to an activating group) is 1. The van der Waals surface area contributed by atoms with Crippen molar-refractivity contribution in [1.29, 1.82) is 0 Å². The minimum atomic E-state index is -0.884. The zero-order valence-electron chi connectivity index (χ0n) is 14.0. The van der Waals surface area contributed by atoms with Gasteiger partial charge in [0.25, 0.3) is 11.5 Å². The lowest BCUT2D eigenvalue weighted by Gasteiger charge is -2.30. The van der Waals surface area contributed by atoms with E-state index in [9.17, 15) is 18.8 Å². The van der Waals surface area contributed by atoms with Gasteiger partial charge >= 0.3 is 0 Å². The molecule has 0 spiro atoms. The Hall–Kier alpha value is -2.96. The van der Waals surface area contributed by atoms with Crippen LogP contribution in [0.3, 0.4) is 0 Å². The number of carbonyl (C=O) groups is 2. The van der Waals surface area contributed by atoms with Gasteiger partial charge in [-0.1, -0.05) is 0 Å². The SMILES string of the molecule is CC1Oc2ccc(C(=O)C(C)n3cc(F)ccc3=O)cc2N(C)C1=O. The van der Waals surface area contributed by atoms with Crippen LogP contribution in [0.4, 0.5) is 10.1 Å². The van der Waals surface area contributed by atoms with E-state index in [1.54, 1.807) is 32.2 Å². The molecule has 7 heteroatoms. The molecule has 1 aliphatic rings. The third kappa shape index (κ3) is 2.93. The molecule has 0 saturated heterocycles. The molecule has 3 rings (SSSR count). The monoisotopic (exact) mass is 344 g/mol. The Balaban J connectivity index is 1.97. The predicted molar refractivity (Wildman–Crippen MR) is 89.6 cm³/mol. The van der Waals surface area contributed by atoms with Crippen LogP contribution >= 0.6 is 0 Å². The van der Waals surface area contributed by atoms with Gasteiger partial charge in [-0.15, -0.1) is 0 Å². The molecule has 1 aromatic heterocycles. The van der Waals surface area contributed by atoms with Gasteiger partial charge in [0, 0.05) is 24.9 Å². The van der Waals surface area contributed by atoms with Crippen molar-refractivity contribution in [3.05, 3.63) is 58.3 Å². The fourth-order valence-corrected chi connectivity index (χ4v) is 2.81. The number of anilines is 1. The molecule has 2 aromatic rings.